The van der Waals surface area contributed by atoms with Gasteiger partial charge in [0.05, 0.1) is 0 Å². The Labute approximate surface area is 145 Å². The summed E-state index contributed by atoms with van der Waals surface area (Å²) in [5.41, 5.74) is -0.0910. The Hall–Kier alpha value is -0.240. The zero-order valence-electron chi connectivity index (χ0n) is 15.9. The van der Waals surface area contributed by atoms with Crippen molar-refractivity contribution in [1.29, 1.82) is 0 Å². The Kier molecular flexibility index (Phi) is 5.70. The first kappa shape index (κ1) is 20.1. The highest BCUT2D eigenvalue weighted by Gasteiger charge is 2.51. The van der Waals surface area contributed by atoms with E-state index in [1.807, 2.05) is 0 Å². The molecule has 0 aliphatic heterocycles. The summed E-state index contributed by atoms with van der Waals surface area (Å²) in [5, 5.41) is 19.0. The average Bonchev–Trinajstić information content (AvgIpc) is 2.41. The van der Waals surface area contributed by atoms with Crippen molar-refractivity contribution in [2.75, 3.05) is 0 Å². The van der Waals surface area contributed by atoms with Crippen LogP contribution < -0.4 is 0 Å². The SMILES string of the molecule is CC1CC(C)(C)CC(OO)(OOC2(OO)CC(C)CC(C)(C)C2)C1. The molecule has 24 heavy (non-hydrogen) atoms. The summed E-state index contributed by atoms with van der Waals surface area (Å²) in [6, 6.07) is 0. The minimum absolute atomic E-state index is 0.0455. The van der Waals surface area contributed by atoms with Crippen molar-refractivity contribution in [3.05, 3.63) is 0 Å². The molecule has 2 fully saturated rings. The van der Waals surface area contributed by atoms with Gasteiger partial charge in [-0.1, -0.05) is 41.5 Å². The van der Waals surface area contributed by atoms with Crippen LogP contribution in [0.2, 0.25) is 0 Å². The van der Waals surface area contributed by atoms with Crippen molar-refractivity contribution >= 4 is 0 Å². The van der Waals surface area contributed by atoms with Crippen LogP contribution in [-0.4, -0.2) is 22.1 Å². The molecule has 2 aliphatic carbocycles. The van der Waals surface area contributed by atoms with Gasteiger partial charge in [-0.15, -0.1) is 0 Å². The highest BCUT2D eigenvalue weighted by atomic mass is 17.3. The van der Waals surface area contributed by atoms with Crippen LogP contribution >= 0.6 is 0 Å². The van der Waals surface area contributed by atoms with Crippen molar-refractivity contribution in [3.8, 4) is 0 Å². The second-order valence-electron chi connectivity index (χ2n) is 9.88. The van der Waals surface area contributed by atoms with Crippen molar-refractivity contribution < 1.29 is 30.1 Å². The zero-order valence-corrected chi connectivity index (χ0v) is 15.9. The molecule has 0 aromatic carbocycles. The maximum atomic E-state index is 9.52. The van der Waals surface area contributed by atoms with Crippen molar-refractivity contribution in [2.24, 2.45) is 22.7 Å². The van der Waals surface area contributed by atoms with Crippen LogP contribution in [0, 0.1) is 22.7 Å². The molecule has 2 aliphatic rings. The second-order valence-corrected chi connectivity index (χ2v) is 9.88. The van der Waals surface area contributed by atoms with Gasteiger partial charge in [-0.2, -0.15) is 9.78 Å². The summed E-state index contributed by atoms with van der Waals surface area (Å²) < 4.78 is 0. The van der Waals surface area contributed by atoms with E-state index in [1.165, 1.54) is 0 Å². The van der Waals surface area contributed by atoms with Crippen LogP contribution in [0.1, 0.15) is 80.1 Å². The van der Waals surface area contributed by atoms with E-state index < -0.39 is 11.6 Å². The zero-order chi connectivity index (χ0) is 18.2. The number of hydrogen-bond donors (Lipinski definition) is 2. The highest BCUT2D eigenvalue weighted by molar-refractivity contribution is 4.90. The fraction of sp³-hybridized carbons (Fsp3) is 1.00. The minimum atomic E-state index is -1.24. The van der Waals surface area contributed by atoms with E-state index in [4.69, 9.17) is 19.6 Å². The van der Waals surface area contributed by atoms with Gasteiger partial charge in [0.25, 0.3) is 0 Å². The van der Waals surface area contributed by atoms with Crippen LogP contribution in [0.3, 0.4) is 0 Å². The average molecular weight is 346 g/mol. The van der Waals surface area contributed by atoms with Crippen LogP contribution in [0.25, 0.3) is 0 Å². The molecule has 0 radical (unpaired) electrons. The molecule has 2 N–H and O–H groups in total. The molecule has 142 valence electrons. The van der Waals surface area contributed by atoms with E-state index in [0.29, 0.717) is 37.5 Å². The van der Waals surface area contributed by atoms with Crippen molar-refractivity contribution in [3.63, 3.8) is 0 Å². The molecule has 4 atom stereocenters. The Morgan fingerprint density at radius 2 is 1.00 bits per heavy atom. The fourth-order valence-corrected chi connectivity index (χ4v) is 5.29. The van der Waals surface area contributed by atoms with Gasteiger partial charge < -0.3 is 0 Å². The summed E-state index contributed by atoms with van der Waals surface area (Å²) in [7, 11) is 0. The van der Waals surface area contributed by atoms with Gasteiger partial charge in [-0.3, -0.25) is 0 Å². The molecule has 0 spiro atoms. The topological polar surface area (TPSA) is 77.4 Å². The minimum Gasteiger partial charge on any atom is -0.249 e. The molecule has 6 heteroatoms. The lowest BCUT2D eigenvalue weighted by atomic mass is 9.70. The Morgan fingerprint density at radius 3 is 1.25 bits per heavy atom. The molecule has 0 bridgehead atoms. The quantitative estimate of drug-likeness (QED) is 0.414. The summed E-state index contributed by atoms with van der Waals surface area (Å²) >= 11 is 0. The Bertz CT molecular complexity index is 397. The van der Waals surface area contributed by atoms with Gasteiger partial charge in [0.1, 0.15) is 0 Å². The Balaban J connectivity index is 2.13. The maximum Gasteiger partial charge on any atom is 0.234 e. The van der Waals surface area contributed by atoms with Gasteiger partial charge >= 0.3 is 0 Å². The van der Waals surface area contributed by atoms with Crippen LogP contribution in [0.5, 0.6) is 0 Å². The molecule has 6 nitrogen and oxygen atoms in total. The van der Waals surface area contributed by atoms with Crippen molar-refractivity contribution in [2.45, 2.75) is 91.6 Å². The van der Waals surface area contributed by atoms with Gasteiger partial charge in [0.2, 0.25) is 11.6 Å². The van der Waals surface area contributed by atoms with E-state index in [1.54, 1.807) is 0 Å². The lowest BCUT2D eigenvalue weighted by Crippen LogP contribution is -2.51. The molecule has 0 saturated heterocycles. The number of hydrogen-bond acceptors (Lipinski definition) is 6. The molecule has 2 saturated carbocycles. The molecule has 2 rings (SSSR count). The van der Waals surface area contributed by atoms with Crippen LogP contribution in [0.4, 0.5) is 0 Å². The molecule has 0 amide bonds. The third-order valence-corrected chi connectivity index (χ3v) is 5.29. The molecule has 0 aromatic heterocycles. The first-order valence-corrected chi connectivity index (χ1v) is 8.96. The number of rotatable bonds is 5. The van der Waals surface area contributed by atoms with Crippen LogP contribution in [-0.2, 0) is 19.6 Å². The van der Waals surface area contributed by atoms with E-state index in [2.05, 4.69) is 41.5 Å². The predicted octanol–water partition coefficient (Wildman–Crippen LogP) is 5.00. The van der Waals surface area contributed by atoms with Gasteiger partial charge in [0, 0.05) is 25.7 Å². The van der Waals surface area contributed by atoms with E-state index in [9.17, 15) is 10.5 Å². The highest BCUT2D eigenvalue weighted by Crippen LogP contribution is 2.49. The van der Waals surface area contributed by atoms with Gasteiger partial charge in [-0.05, 0) is 35.5 Å². The third-order valence-electron chi connectivity index (χ3n) is 5.29. The van der Waals surface area contributed by atoms with E-state index >= 15 is 0 Å². The largest absolute Gasteiger partial charge is 0.249 e. The molecular formula is C18H34O6. The van der Waals surface area contributed by atoms with Crippen molar-refractivity contribution in [1.82, 2.24) is 0 Å². The fourth-order valence-electron chi connectivity index (χ4n) is 5.29. The third kappa shape index (κ3) is 4.68. The summed E-state index contributed by atoms with van der Waals surface area (Å²) in [6.45, 7) is 12.7. The Morgan fingerprint density at radius 1 is 0.667 bits per heavy atom. The molecular weight excluding hydrogens is 312 g/mol. The first-order valence-electron chi connectivity index (χ1n) is 8.96. The van der Waals surface area contributed by atoms with E-state index in [0.717, 1.165) is 12.8 Å². The summed E-state index contributed by atoms with van der Waals surface area (Å²) in [5.74, 6) is -1.84. The smallest absolute Gasteiger partial charge is 0.234 e. The second kappa shape index (κ2) is 6.82. The predicted molar refractivity (Wildman–Crippen MR) is 88.7 cm³/mol. The molecule has 4 unspecified atom stereocenters. The van der Waals surface area contributed by atoms with Crippen LogP contribution in [0.15, 0.2) is 0 Å². The lowest BCUT2D eigenvalue weighted by molar-refractivity contribution is -0.584. The molecule has 0 heterocycles. The first-order chi connectivity index (χ1) is 10.9. The van der Waals surface area contributed by atoms with Gasteiger partial charge in [-0.25, -0.2) is 20.3 Å². The summed E-state index contributed by atoms with van der Waals surface area (Å²) in [6.07, 6.45) is 4.09. The lowest BCUT2D eigenvalue weighted by Gasteiger charge is -2.47. The standard InChI is InChI=1S/C18H34O6/c1-13-7-15(3,4)11-17(9-13,21-19)23-24-18(22-20)10-14(2)8-16(5,6)12-18/h13-14,19-20H,7-12H2,1-6H3. The monoisotopic (exact) mass is 346 g/mol. The van der Waals surface area contributed by atoms with E-state index in [-0.39, 0.29) is 10.8 Å². The molecule has 0 aromatic rings. The van der Waals surface area contributed by atoms with Gasteiger partial charge in [0.15, 0.2) is 0 Å². The maximum absolute atomic E-state index is 9.52. The summed E-state index contributed by atoms with van der Waals surface area (Å²) in [4.78, 5) is 20.8. The normalized spacial score (nSPS) is 42.0.